The van der Waals surface area contributed by atoms with E-state index in [-0.39, 0.29) is 11.4 Å². The summed E-state index contributed by atoms with van der Waals surface area (Å²) in [6.07, 6.45) is 1.62. The molecular formula is C13H16O3S. The summed E-state index contributed by atoms with van der Waals surface area (Å²) >= 11 is 1.71. The molecule has 0 aromatic heterocycles. The normalized spacial score (nSPS) is 16.4. The van der Waals surface area contributed by atoms with Gasteiger partial charge >= 0.3 is 5.97 Å². The molecule has 0 radical (unpaired) electrons. The molecule has 92 valence electrons. The molecule has 1 aliphatic rings. The minimum atomic E-state index is -0.742. The van der Waals surface area contributed by atoms with Gasteiger partial charge in [0.1, 0.15) is 5.75 Å². The summed E-state index contributed by atoms with van der Waals surface area (Å²) in [5, 5.41) is 8.63. The van der Waals surface area contributed by atoms with E-state index >= 15 is 0 Å². The highest BCUT2D eigenvalue weighted by Crippen LogP contribution is 2.48. The third kappa shape index (κ3) is 2.94. The van der Waals surface area contributed by atoms with Crippen LogP contribution in [0.25, 0.3) is 0 Å². The molecule has 0 saturated carbocycles. The van der Waals surface area contributed by atoms with Gasteiger partial charge in [-0.2, -0.15) is 0 Å². The summed E-state index contributed by atoms with van der Waals surface area (Å²) in [5.41, 5.74) is 1.11. The molecule has 0 saturated heterocycles. The van der Waals surface area contributed by atoms with E-state index in [9.17, 15) is 4.79 Å². The molecule has 0 aliphatic carbocycles. The fourth-order valence-electron chi connectivity index (χ4n) is 1.92. The van der Waals surface area contributed by atoms with Gasteiger partial charge in [0.05, 0.1) is 4.90 Å². The zero-order valence-corrected chi connectivity index (χ0v) is 10.8. The molecule has 4 heteroatoms. The molecule has 0 bridgehead atoms. The van der Waals surface area contributed by atoms with E-state index < -0.39 is 5.97 Å². The number of hydrogen-bond acceptors (Lipinski definition) is 3. The van der Waals surface area contributed by atoms with Gasteiger partial charge < -0.3 is 9.84 Å². The fourth-order valence-corrected chi connectivity index (χ4v) is 2.98. The molecule has 1 aromatic carbocycles. The first-order valence-electron chi connectivity index (χ1n) is 5.70. The topological polar surface area (TPSA) is 46.5 Å². The maximum absolute atomic E-state index is 10.5. The van der Waals surface area contributed by atoms with Crippen molar-refractivity contribution >= 4 is 17.7 Å². The quantitative estimate of drug-likeness (QED) is 0.893. The second-order valence-electron chi connectivity index (χ2n) is 4.60. The van der Waals surface area contributed by atoms with Crippen LogP contribution in [0, 0.1) is 0 Å². The number of aryl methyl sites for hydroxylation is 1. The highest BCUT2D eigenvalue weighted by Gasteiger charge is 2.32. The zero-order chi connectivity index (χ0) is 12.5. The number of ether oxygens (including phenoxy) is 1. The van der Waals surface area contributed by atoms with Crippen molar-refractivity contribution in [2.45, 2.75) is 42.9 Å². The Kier molecular flexibility index (Phi) is 3.33. The average molecular weight is 252 g/mol. The summed E-state index contributed by atoms with van der Waals surface area (Å²) in [6, 6.07) is 6.07. The minimum absolute atomic E-state index is 0.209. The number of carboxylic acids is 1. The van der Waals surface area contributed by atoms with E-state index in [4.69, 9.17) is 9.84 Å². The van der Waals surface area contributed by atoms with Gasteiger partial charge in [-0.15, -0.1) is 0 Å². The number of fused-ring (bicyclic) bond motifs is 1. The molecule has 1 N–H and O–H groups in total. The van der Waals surface area contributed by atoms with Crippen molar-refractivity contribution in [1.82, 2.24) is 0 Å². The number of aliphatic carboxylic acids is 1. The fraction of sp³-hybridized carbons (Fsp3) is 0.462. The lowest BCUT2D eigenvalue weighted by Gasteiger charge is -2.16. The van der Waals surface area contributed by atoms with Gasteiger partial charge in [0.15, 0.2) is 4.93 Å². The predicted octanol–water partition coefficient (Wildman–Crippen LogP) is 3.31. The molecule has 0 amide bonds. The van der Waals surface area contributed by atoms with Gasteiger partial charge in [-0.05, 0) is 38.3 Å². The van der Waals surface area contributed by atoms with Crippen LogP contribution in [0.4, 0.5) is 0 Å². The maximum atomic E-state index is 10.5. The first kappa shape index (κ1) is 12.3. The number of carboxylic acid groups (broad SMARTS) is 1. The van der Waals surface area contributed by atoms with Crippen molar-refractivity contribution in [3.8, 4) is 5.75 Å². The van der Waals surface area contributed by atoms with Crippen molar-refractivity contribution in [3.63, 3.8) is 0 Å². The maximum Gasteiger partial charge on any atom is 0.303 e. The highest BCUT2D eigenvalue weighted by molar-refractivity contribution is 8.00. The van der Waals surface area contributed by atoms with Gasteiger partial charge in [0.2, 0.25) is 0 Å². The van der Waals surface area contributed by atoms with Gasteiger partial charge in [0, 0.05) is 6.42 Å². The SMILES string of the molecule is CC1(C)Oc2c(CCCC(=O)O)cccc2S1. The lowest BCUT2D eigenvalue weighted by atomic mass is 10.1. The Morgan fingerprint density at radius 1 is 1.47 bits per heavy atom. The van der Waals surface area contributed by atoms with Crippen molar-refractivity contribution < 1.29 is 14.6 Å². The summed E-state index contributed by atoms with van der Waals surface area (Å²) in [5.74, 6) is 0.195. The molecule has 1 aromatic rings. The number of benzene rings is 1. The van der Waals surface area contributed by atoms with E-state index in [1.165, 1.54) is 0 Å². The van der Waals surface area contributed by atoms with E-state index in [1.54, 1.807) is 11.8 Å². The largest absolute Gasteiger partial charge is 0.481 e. The lowest BCUT2D eigenvalue weighted by molar-refractivity contribution is -0.137. The minimum Gasteiger partial charge on any atom is -0.481 e. The lowest BCUT2D eigenvalue weighted by Crippen LogP contribution is -2.18. The second-order valence-corrected chi connectivity index (χ2v) is 6.22. The molecular weight excluding hydrogens is 236 g/mol. The predicted molar refractivity (Wildman–Crippen MR) is 67.6 cm³/mol. The van der Waals surface area contributed by atoms with E-state index in [2.05, 4.69) is 6.07 Å². The van der Waals surface area contributed by atoms with Crippen molar-refractivity contribution in [2.24, 2.45) is 0 Å². The van der Waals surface area contributed by atoms with Gasteiger partial charge in [-0.25, -0.2) is 0 Å². The first-order chi connectivity index (χ1) is 7.98. The molecule has 17 heavy (non-hydrogen) atoms. The van der Waals surface area contributed by atoms with Crippen LogP contribution in [-0.2, 0) is 11.2 Å². The third-order valence-electron chi connectivity index (χ3n) is 2.60. The van der Waals surface area contributed by atoms with Gasteiger partial charge in [0.25, 0.3) is 0 Å². The summed E-state index contributed by atoms with van der Waals surface area (Å²) < 4.78 is 5.90. The Balaban J connectivity index is 2.10. The molecule has 1 aliphatic heterocycles. The molecule has 0 spiro atoms. The van der Waals surface area contributed by atoms with Gasteiger partial charge in [-0.3, -0.25) is 4.79 Å². The van der Waals surface area contributed by atoms with Crippen LogP contribution in [-0.4, -0.2) is 16.0 Å². The van der Waals surface area contributed by atoms with Gasteiger partial charge in [-0.1, -0.05) is 23.9 Å². The van der Waals surface area contributed by atoms with Crippen molar-refractivity contribution in [1.29, 1.82) is 0 Å². The average Bonchev–Trinajstić information content (AvgIpc) is 2.52. The van der Waals surface area contributed by atoms with Crippen LogP contribution in [0.5, 0.6) is 5.75 Å². The van der Waals surface area contributed by atoms with Crippen LogP contribution in [0.1, 0.15) is 32.3 Å². The monoisotopic (exact) mass is 252 g/mol. The van der Waals surface area contributed by atoms with Crippen molar-refractivity contribution in [3.05, 3.63) is 23.8 Å². The molecule has 0 unspecified atom stereocenters. The van der Waals surface area contributed by atoms with Crippen LogP contribution >= 0.6 is 11.8 Å². The number of carbonyl (C=O) groups is 1. The highest BCUT2D eigenvalue weighted by atomic mass is 32.2. The summed E-state index contributed by atoms with van der Waals surface area (Å²) in [4.78, 5) is 11.4. The van der Waals surface area contributed by atoms with E-state index in [0.717, 1.165) is 22.6 Å². The molecule has 0 fully saturated rings. The zero-order valence-electron chi connectivity index (χ0n) is 10.0. The molecule has 3 nitrogen and oxygen atoms in total. The second kappa shape index (κ2) is 4.61. The molecule has 2 rings (SSSR count). The Bertz CT molecular complexity index is 440. The van der Waals surface area contributed by atoms with E-state index in [1.807, 2.05) is 26.0 Å². The Morgan fingerprint density at radius 3 is 2.94 bits per heavy atom. The standard InChI is InChI=1S/C13H16O3S/c1-13(2)16-12-9(6-4-8-11(14)15)5-3-7-10(12)17-13/h3,5,7H,4,6,8H2,1-2H3,(H,14,15). The number of rotatable bonds is 4. The van der Waals surface area contributed by atoms with Crippen LogP contribution < -0.4 is 4.74 Å². The Morgan fingerprint density at radius 2 is 2.24 bits per heavy atom. The van der Waals surface area contributed by atoms with Crippen LogP contribution in [0.2, 0.25) is 0 Å². The number of thioether (sulfide) groups is 1. The third-order valence-corrected chi connectivity index (χ3v) is 3.72. The Hall–Kier alpha value is -1.16. The first-order valence-corrected chi connectivity index (χ1v) is 6.51. The molecule has 0 atom stereocenters. The molecule has 1 heterocycles. The number of hydrogen-bond donors (Lipinski definition) is 1. The summed E-state index contributed by atoms with van der Waals surface area (Å²) in [7, 11) is 0. The summed E-state index contributed by atoms with van der Waals surface area (Å²) in [6.45, 7) is 4.08. The smallest absolute Gasteiger partial charge is 0.303 e. The van der Waals surface area contributed by atoms with Crippen LogP contribution in [0.15, 0.2) is 23.1 Å². The Labute approximate surface area is 105 Å². The van der Waals surface area contributed by atoms with Crippen LogP contribution in [0.3, 0.4) is 0 Å². The van der Waals surface area contributed by atoms with Crippen molar-refractivity contribution in [2.75, 3.05) is 0 Å². The van der Waals surface area contributed by atoms with E-state index in [0.29, 0.717) is 6.42 Å². The number of para-hydroxylation sites is 1.